The summed E-state index contributed by atoms with van der Waals surface area (Å²) in [5.74, 6) is 0.373. The van der Waals surface area contributed by atoms with E-state index < -0.39 is 0 Å². The van der Waals surface area contributed by atoms with Gasteiger partial charge in [-0.2, -0.15) is 0 Å². The number of aliphatic imine (C=N–C) groups is 1. The van der Waals surface area contributed by atoms with Gasteiger partial charge in [-0.3, -0.25) is 4.99 Å². The van der Waals surface area contributed by atoms with Crippen LogP contribution in [-0.4, -0.2) is 32.5 Å². The normalized spacial score (nSPS) is 14.4. The van der Waals surface area contributed by atoms with E-state index in [2.05, 4.69) is 20.5 Å². The minimum absolute atomic E-state index is 0.264. The summed E-state index contributed by atoms with van der Waals surface area (Å²) < 4.78 is 14.5. The molecule has 0 spiro atoms. The molecule has 0 atom stereocenters. The van der Waals surface area contributed by atoms with Crippen LogP contribution < -0.4 is 0 Å². The Bertz CT molecular complexity index is 543. The molecule has 80 valence electrons. The molecule has 0 saturated carbocycles. The maximum Gasteiger partial charge on any atom is 0.200 e. The van der Waals surface area contributed by atoms with Gasteiger partial charge in [-0.15, -0.1) is 5.10 Å². The third-order valence-corrected chi connectivity index (χ3v) is 2.44. The Hall–Kier alpha value is -2.11. The summed E-state index contributed by atoms with van der Waals surface area (Å²) in [6.07, 6.45) is 0. The zero-order valence-electron chi connectivity index (χ0n) is 8.34. The highest BCUT2D eigenvalue weighted by molar-refractivity contribution is 6.10. The lowest BCUT2D eigenvalue weighted by Gasteiger charge is -2.11. The zero-order chi connectivity index (χ0) is 11.0. The molecule has 0 aliphatic carbocycles. The number of halogens is 1. The molecule has 0 amide bonds. The first kappa shape index (κ1) is 9.14. The molecule has 3 rings (SSSR count). The number of hydrogen-bond donors (Lipinski definition) is 0. The number of hydrogen-bond acceptors (Lipinski definition) is 4. The molecule has 16 heavy (non-hydrogen) atoms. The van der Waals surface area contributed by atoms with Crippen LogP contribution in [0, 0.1) is 5.82 Å². The maximum absolute atomic E-state index is 12.8. The highest BCUT2D eigenvalue weighted by Gasteiger charge is 2.18. The van der Waals surface area contributed by atoms with Crippen LogP contribution in [0.25, 0.3) is 0 Å². The van der Waals surface area contributed by atoms with E-state index in [4.69, 9.17) is 0 Å². The topological polar surface area (TPSA) is 56.0 Å². The number of rotatable bonds is 1. The number of fused-ring (bicyclic) bond motifs is 1. The molecule has 1 aromatic heterocycles. The molecular weight excluding hydrogens is 209 g/mol. The molecule has 2 heterocycles. The highest BCUT2D eigenvalue weighted by atomic mass is 19.1. The molecule has 0 bridgehead atoms. The molecular formula is C10H8FN5. The van der Waals surface area contributed by atoms with E-state index in [0.717, 1.165) is 11.3 Å². The third-order valence-electron chi connectivity index (χ3n) is 2.44. The Morgan fingerprint density at radius 1 is 1.19 bits per heavy atom. The Labute approximate surface area is 90.6 Å². The van der Waals surface area contributed by atoms with Gasteiger partial charge in [0.2, 0.25) is 5.82 Å². The van der Waals surface area contributed by atoms with Gasteiger partial charge in [0.15, 0.2) is 0 Å². The first-order valence-corrected chi connectivity index (χ1v) is 4.91. The van der Waals surface area contributed by atoms with Gasteiger partial charge in [0, 0.05) is 5.56 Å². The molecule has 1 aliphatic heterocycles. The monoisotopic (exact) mass is 217 g/mol. The quantitative estimate of drug-likeness (QED) is 0.705. The molecule has 0 radical (unpaired) electrons. The van der Waals surface area contributed by atoms with Crippen molar-refractivity contribution in [3.63, 3.8) is 0 Å². The smallest absolute Gasteiger partial charge is 0.200 e. The van der Waals surface area contributed by atoms with Crippen LogP contribution in [-0.2, 0) is 6.54 Å². The summed E-state index contributed by atoms with van der Waals surface area (Å²) in [7, 11) is 0. The van der Waals surface area contributed by atoms with Gasteiger partial charge < -0.3 is 0 Å². The van der Waals surface area contributed by atoms with Crippen LogP contribution in [0.15, 0.2) is 29.3 Å². The van der Waals surface area contributed by atoms with Crippen molar-refractivity contribution in [1.29, 1.82) is 0 Å². The van der Waals surface area contributed by atoms with E-state index in [9.17, 15) is 4.39 Å². The maximum atomic E-state index is 12.8. The van der Waals surface area contributed by atoms with Crippen molar-refractivity contribution < 1.29 is 4.39 Å². The van der Waals surface area contributed by atoms with Gasteiger partial charge in [-0.25, -0.2) is 9.07 Å². The van der Waals surface area contributed by atoms with Crippen LogP contribution in [0.2, 0.25) is 0 Å². The standard InChI is InChI=1S/C10H8FN5/c11-8-3-1-7(2-4-8)9-10-13-14-15-16(10)6-5-12-9/h1-4H,5-6H2. The van der Waals surface area contributed by atoms with E-state index in [-0.39, 0.29) is 5.82 Å². The molecule has 0 N–H and O–H groups in total. The van der Waals surface area contributed by atoms with Crippen molar-refractivity contribution in [3.8, 4) is 0 Å². The molecule has 0 unspecified atom stereocenters. The van der Waals surface area contributed by atoms with Gasteiger partial charge in [0.1, 0.15) is 11.5 Å². The van der Waals surface area contributed by atoms with E-state index in [1.807, 2.05) is 0 Å². The number of benzene rings is 1. The minimum atomic E-state index is -0.264. The predicted octanol–water partition coefficient (Wildman–Crippen LogP) is 0.663. The zero-order valence-corrected chi connectivity index (χ0v) is 8.34. The minimum Gasteiger partial charge on any atom is -0.279 e. The van der Waals surface area contributed by atoms with E-state index in [1.165, 1.54) is 12.1 Å². The van der Waals surface area contributed by atoms with Crippen molar-refractivity contribution in [1.82, 2.24) is 20.2 Å². The predicted molar refractivity (Wildman–Crippen MR) is 54.7 cm³/mol. The van der Waals surface area contributed by atoms with Gasteiger partial charge in [0.25, 0.3) is 0 Å². The van der Waals surface area contributed by atoms with E-state index >= 15 is 0 Å². The summed E-state index contributed by atoms with van der Waals surface area (Å²) >= 11 is 0. The fraction of sp³-hybridized carbons (Fsp3) is 0.200. The van der Waals surface area contributed by atoms with Gasteiger partial charge in [-0.1, -0.05) is 0 Å². The van der Waals surface area contributed by atoms with Crippen LogP contribution in [0.1, 0.15) is 11.4 Å². The largest absolute Gasteiger partial charge is 0.279 e. The van der Waals surface area contributed by atoms with Gasteiger partial charge in [-0.05, 0) is 34.7 Å². The van der Waals surface area contributed by atoms with Crippen molar-refractivity contribution >= 4 is 5.71 Å². The van der Waals surface area contributed by atoms with Crippen LogP contribution in [0.5, 0.6) is 0 Å². The summed E-state index contributed by atoms with van der Waals surface area (Å²) in [5, 5.41) is 11.4. The molecule has 2 aromatic rings. The van der Waals surface area contributed by atoms with Crippen molar-refractivity contribution in [2.24, 2.45) is 4.99 Å². The lowest BCUT2D eigenvalue weighted by Crippen LogP contribution is -2.20. The molecule has 5 nitrogen and oxygen atoms in total. The first-order chi connectivity index (χ1) is 7.84. The van der Waals surface area contributed by atoms with Crippen molar-refractivity contribution in [3.05, 3.63) is 41.5 Å². The second-order valence-corrected chi connectivity index (χ2v) is 3.46. The average Bonchev–Trinajstić information content (AvgIpc) is 2.78. The Morgan fingerprint density at radius 2 is 2.00 bits per heavy atom. The van der Waals surface area contributed by atoms with Crippen LogP contribution in [0.4, 0.5) is 4.39 Å². The summed E-state index contributed by atoms with van der Waals surface area (Å²) in [5.41, 5.74) is 1.55. The van der Waals surface area contributed by atoms with Gasteiger partial charge >= 0.3 is 0 Å². The Balaban J connectivity index is 2.08. The Kier molecular flexibility index (Phi) is 1.99. The molecule has 1 aliphatic rings. The number of aromatic nitrogens is 4. The highest BCUT2D eigenvalue weighted by Crippen LogP contribution is 2.12. The fourth-order valence-corrected chi connectivity index (χ4v) is 1.68. The van der Waals surface area contributed by atoms with E-state index in [0.29, 0.717) is 18.9 Å². The van der Waals surface area contributed by atoms with Crippen molar-refractivity contribution in [2.75, 3.05) is 6.54 Å². The lowest BCUT2D eigenvalue weighted by molar-refractivity contribution is 0.583. The SMILES string of the molecule is Fc1ccc(C2=NCCn3nnnc32)cc1. The number of nitrogens with zero attached hydrogens (tertiary/aromatic N) is 5. The second-order valence-electron chi connectivity index (χ2n) is 3.46. The molecule has 0 saturated heterocycles. The third kappa shape index (κ3) is 1.39. The summed E-state index contributed by atoms with van der Waals surface area (Å²) in [6.45, 7) is 1.33. The molecule has 1 aromatic carbocycles. The summed E-state index contributed by atoms with van der Waals surface area (Å²) in [4.78, 5) is 4.37. The van der Waals surface area contributed by atoms with E-state index in [1.54, 1.807) is 16.8 Å². The Morgan fingerprint density at radius 3 is 2.81 bits per heavy atom. The number of tetrazole rings is 1. The average molecular weight is 217 g/mol. The van der Waals surface area contributed by atoms with Gasteiger partial charge in [0.05, 0.1) is 13.1 Å². The molecule has 0 fully saturated rings. The molecule has 6 heteroatoms. The fourth-order valence-electron chi connectivity index (χ4n) is 1.68. The lowest BCUT2D eigenvalue weighted by atomic mass is 10.1. The van der Waals surface area contributed by atoms with Crippen LogP contribution >= 0.6 is 0 Å². The first-order valence-electron chi connectivity index (χ1n) is 4.91. The summed E-state index contributed by atoms with van der Waals surface area (Å²) in [6, 6.07) is 6.16. The van der Waals surface area contributed by atoms with Crippen LogP contribution in [0.3, 0.4) is 0 Å². The second kappa shape index (κ2) is 3.48. The van der Waals surface area contributed by atoms with Crippen molar-refractivity contribution in [2.45, 2.75) is 6.54 Å².